The molecule has 0 aliphatic carbocycles. The Labute approximate surface area is 100 Å². The zero-order valence-electron chi connectivity index (χ0n) is 9.73. The maximum absolute atomic E-state index is 13.1. The summed E-state index contributed by atoms with van der Waals surface area (Å²) >= 11 is 0. The van der Waals surface area contributed by atoms with E-state index in [1.807, 2.05) is 25.1 Å². The second-order valence-electron chi connectivity index (χ2n) is 4.14. The van der Waals surface area contributed by atoms with Gasteiger partial charge in [0.2, 0.25) is 0 Å². The largest absolute Gasteiger partial charge is 0.322 e. The summed E-state index contributed by atoms with van der Waals surface area (Å²) in [6.07, 6.45) is 2.31. The van der Waals surface area contributed by atoms with Crippen molar-refractivity contribution in [2.45, 2.75) is 19.4 Å². The van der Waals surface area contributed by atoms with Crippen LogP contribution >= 0.6 is 0 Å². The van der Waals surface area contributed by atoms with Crippen LogP contribution in [0.25, 0.3) is 0 Å². The predicted octanol–water partition coefficient (Wildman–Crippen LogP) is 2.77. The Morgan fingerprint density at radius 3 is 2.82 bits per heavy atom. The molecule has 1 atom stereocenters. The van der Waals surface area contributed by atoms with Crippen molar-refractivity contribution in [1.29, 1.82) is 0 Å². The van der Waals surface area contributed by atoms with Crippen molar-refractivity contribution < 1.29 is 4.39 Å². The fourth-order valence-corrected chi connectivity index (χ4v) is 1.80. The number of nitrogens with two attached hydrogens (primary N) is 1. The monoisotopic (exact) mass is 230 g/mol. The second-order valence-corrected chi connectivity index (χ2v) is 4.14. The lowest BCUT2D eigenvalue weighted by Crippen LogP contribution is -2.15. The minimum atomic E-state index is -0.223. The molecule has 1 aromatic carbocycles. The van der Waals surface area contributed by atoms with Crippen LogP contribution in [-0.4, -0.2) is 4.98 Å². The third kappa shape index (κ3) is 2.88. The van der Waals surface area contributed by atoms with Crippen molar-refractivity contribution in [3.8, 4) is 0 Å². The molecule has 2 nitrogen and oxygen atoms in total. The molecule has 2 rings (SSSR count). The number of hydrogen-bond donors (Lipinski definition) is 1. The van der Waals surface area contributed by atoms with Gasteiger partial charge in [0.05, 0.1) is 11.7 Å². The van der Waals surface area contributed by atoms with Gasteiger partial charge in [-0.3, -0.25) is 4.98 Å². The first-order chi connectivity index (χ1) is 8.16. The van der Waals surface area contributed by atoms with E-state index in [0.29, 0.717) is 6.42 Å². The van der Waals surface area contributed by atoms with Crippen LogP contribution in [0.2, 0.25) is 0 Å². The summed E-state index contributed by atoms with van der Waals surface area (Å²) in [6.45, 7) is 1.96. The van der Waals surface area contributed by atoms with Crippen LogP contribution < -0.4 is 5.73 Å². The molecule has 0 amide bonds. The van der Waals surface area contributed by atoms with Gasteiger partial charge in [0.1, 0.15) is 5.82 Å². The number of aryl methyl sites for hydroxylation is 1. The topological polar surface area (TPSA) is 38.9 Å². The first-order valence-corrected chi connectivity index (χ1v) is 5.58. The molecular formula is C14H15FN2. The molecule has 0 spiro atoms. The number of hydrogen-bond acceptors (Lipinski definition) is 2. The van der Waals surface area contributed by atoms with Crippen molar-refractivity contribution in [1.82, 2.24) is 4.98 Å². The molecule has 1 heterocycles. The van der Waals surface area contributed by atoms with Gasteiger partial charge in [-0.15, -0.1) is 0 Å². The smallest absolute Gasteiger partial charge is 0.123 e. The van der Waals surface area contributed by atoms with E-state index in [1.165, 1.54) is 12.1 Å². The Morgan fingerprint density at radius 1 is 1.29 bits per heavy atom. The second kappa shape index (κ2) is 5.06. The molecule has 1 aromatic heterocycles. The maximum Gasteiger partial charge on any atom is 0.123 e. The Morgan fingerprint density at radius 2 is 2.12 bits per heavy atom. The number of pyridine rings is 1. The fraction of sp³-hybridized carbons (Fsp3) is 0.214. The van der Waals surface area contributed by atoms with Crippen LogP contribution in [0.1, 0.15) is 22.9 Å². The van der Waals surface area contributed by atoms with Crippen molar-refractivity contribution in [3.05, 3.63) is 65.2 Å². The SMILES string of the molecule is Cc1ccc(F)cc1CC(N)c1ccccn1. The van der Waals surface area contributed by atoms with E-state index in [4.69, 9.17) is 5.73 Å². The molecule has 2 aromatic rings. The molecule has 3 heteroatoms. The molecule has 17 heavy (non-hydrogen) atoms. The summed E-state index contributed by atoms with van der Waals surface area (Å²) in [5.74, 6) is -0.223. The van der Waals surface area contributed by atoms with Gasteiger partial charge in [0, 0.05) is 6.20 Å². The van der Waals surface area contributed by atoms with Gasteiger partial charge in [-0.1, -0.05) is 12.1 Å². The van der Waals surface area contributed by atoms with Crippen LogP contribution in [0.3, 0.4) is 0 Å². The Bertz CT molecular complexity index is 497. The minimum Gasteiger partial charge on any atom is -0.322 e. The Hall–Kier alpha value is -1.74. The number of halogens is 1. The lowest BCUT2D eigenvalue weighted by atomic mass is 9.99. The maximum atomic E-state index is 13.1. The molecule has 0 saturated carbocycles. The van der Waals surface area contributed by atoms with Crippen molar-refractivity contribution in [2.24, 2.45) is 5.73 Å². The van der Waals surface area contributed by atoms with E-state index in [0.717, 1.165) is 16.8 Å². The van der Waals surface area contributed by atoms with Gasteiger partial charge >= 0.3 is 0 Å². The average Bonchev–Trinajstić information content (AvgIpc) is 2.35. The normalized spacial score (nSPS) is 12.4. The molecule has 1 unspecified atom stereocenters. The van der Waals surface area contributed by atoms with Gasteiger partial charge in [0.15, 0.2) is 0 Å². The lowest BCUT2D eigenvalue weighted by molar-refractivity contribution is 0.619. The van der Waals surface area contributed by atoms with E-state index in [2.05, 4.69) is 4.98 Å². The molecule has 0 saturated heterocycles. The third-order valence-electron chi connectivity index (χ3n) is 2.82. The van der Waals surface area contributed by atoms with Crippen LogP contribution in [0.4, 0.5) is 4.39 Å². The predicted molar refractivity (Wildman–Crippen MR) is 66.0 cm³/mol. The van der Waals surface area contributed by atoms with Crippen LogP contribution in [0.15, 0.2) is 42.6 Å². The first-order valence-electron chi connectivity index (χ1n) is 5.58. The van der Waals surface area contributed by atoms with Crippen molar-refractivity contribution >= 4 is 0 Å². The number of nitrogens with zero attached hydrogens (tertiary/aromatic N) is 1. The van der Waals surface area contributed by atoms with Crippen LogP contribution in [-0.2, 0) is 6.42 Å². The van der Waals surface area contributed by atoms with Crippen LogP contribution in [0, 0.1) is 12.7 Å². The summed E-state index contributed by atoms with van der Waals surface area (Å²) in [5, 5.41) is 0. The highest BCUT2D eigenvalue weighted by Crippen LogP contribution is 2.17. The summed E-state index contributed by atoms with van der Waals surface area (Å²) < 4.78 is 13.1. The fourth-order valence-electron chi connectivity index (χ4n) is 1.80. The van der Waals surface area contributed by atoms with Crippen LogP contribution in [0.5, 0.6) is 0 Å². The van der Waals surface area contributed by atoms with Gasteiger partial charge in [0.25, 0.3) is 0 Å². The standard InChI is InChI=1S/C14H15FN2/c1-10-5-6-12(15)8-11(10)9-13(16)14-4-2-3-7-17-14/h2-8,13H,9,16H2,1H3. The average molecular weight is 230 g/mol. The molecular weight excluding hydrogens is 215 g/mol. The van der Waals surface area contributed by atoms with Gasteiger partial charge in [-0.2, -0.15) is 0 Å². The van der Waals surface area contributed by atoms with E-state index >= 15 is 0 Å². The Balaban J connectivity index is 2.18. The number of aromatic nitrogens is 1. The van der Waals surface area contributed by atoms with Gasteiger partial charge < -0.3 is 5.73 Å². The summed E-state index contributed by atoms with van der Waals surface area (Å²) in [7, 11) is 0. The third-order valence-corrected chi connectivity index (χ3v) is 2.82. The summed E-state index contributed by atoms with van der Waals surface area (Å²) in [5.41, 5.74) is 8.88. The molecule has 0 aliphatic heterocycles. The highest BCUT2D eigenvalue weighted by atomic mass is 19.1. The molecule has 0 aliphatic rings. The van der Waals surface area contributed by atoms with Crippen molar-refractivity contribution in [3.63, 3.8) is 0 Å². The highest BCUT2D eigenvalue weighted by molar-refractivity contribution is 5.28. The quantitative estimate of drug-likeness (QED) is 0.880. The number of rotatable bonds is 3. The minimum absolute atomic E-state index is 0.198. The molecule has 0 fully saturated rings. The highest BCUT2D eigenvalue weighted by Gasteiger charge is 2.10. The Kier molecular flexibility index (Phi) is 3.49. The van der Waals surface area contributed by atoms with E-state index in [1.54, 1.807) is 12.3 Å². The van der Waals surface area contributed by atoms with E-state index < -0.39 is 0 Å². The molecule has 2 N–H and O–H groups in total. The van der Waals surface area contributed by atoms with E-state index in [-0.39, 0.29) is 11.9 Å². The summed E-state index contributed by atoms with van der Waals surface area (Å²) in [6, 6.07) is 10.2. The molecule has 0 bridgehead atoms. The lowest BCUT2D eigenvalue weighted by Gasteiger charge is -2.12. The number of benzene rings is 1. The summed E-state index contributed by atoms with van der Waals surface area (Å²) in [4.78, 5) is 4.21. The van der Waals surface area contributed by atoms with E-state index in [9.17, 15) is 4.39 Å². The van der Waals surface area contributed by atoms with Gasteiger partial charge in [-0.25, -0.2) is 4.39 Å². The zero-order valence-corrected chi connectivity index (χ0v) is 9.73. The van der Waals surface area contributed by atoms with Gasteiger partial charge in [-0.05, 0) is 48.7 Å². The van der Waals surface area contributed by atoms with Crippen molar-refractivity contribution in [2.75, 3.05) is 0 Å². The molecule has 88 valence electrons. The first kappa shape index (κ1) is 11.7. The zero-order chi connectivity index (χ0) is 12.3. The molecule has 0 radical (unpaired) electrons.